The molecule has 1 heterocycles. The molecule has 2 aliphatic rings. The Balaban J connectivity index is 1.88. The zero-order valence-electron chi connectivity index (χ0n) is 17.3. The lowest BCUT2D eigenvalue weighted by Gasteiger charge is -2.50. The van der Waals surface area contributed by atoms with Gasteiger partial charge in [-0.15, -0.1) is 0 Å². The lowest BCUT2D eigenvalue weighted by Crippen LogP contribution is -2.67. The summed E-state index contributed by atoms with van der Waals surface area (Å²) in [6, 6.07) is 13.3. The highest BCUT2D eigenvalue weighted by Gasteiger charge is 2.63. The number of carbonyl (C=O) groups is 3. The van der Waals surface area contributed by atoms with Gasteiger partial charge in [0.15, 0.2) is 0 Å². The van der Waals surface area contributed by atoms with Crippen LogP contribution in [0.4, 0.5) is 4.79 Å². The van der Waals surface area contributed by atoms with Crippen molar-refractivity contribution in [3.8, 4) is 11.5 Å². The van der Waals surface area contributed by atoms with E-state index in [4.69, 9.17) is 9.47 Å². The fraction of sp³-hybridized carbons (Fsp3) is 0.348. The molecule has 2 fully saturated rings. The van der Waals surface area contributed by atoms with Crippen LogP contribution in [0.15, 0.2) is 48.5 Å². The van der Waals surface area contributed by atoms with E-state index in [0.717, 1.165) is 0 Å². The summed E-state index contributed by atoms with van der Waals surface area (Å²) in [4.78, 5) is 38.7. The third kappa shape index (κ3) is 3.42. The third-order valence-electron chi connectivity index (χ3n) is 6.36. The Morgan fingerprint density at radius 1 is 0.774 bits per heavy atom. The fourth-order valence-corrected chi connectivity index (χ4v) is 4.91. The van der Waals surface area contributed by atoms with Crippen LogP contribution in [0.2, 0.25) is 0 Å². The Bertz CT molecular complexity index is 922. The molecule has 2 unspecified atom stereocenters. The number of barbiturate groups is 1. The monoisotopic (exact) mass is 424 g/mol. The number of rotatable bonds is 4. The van der Waals surface area contributed by atoms with Crippen LogP contribution in [0.25, 0.3) is 0 Å². The standard InChI is InChI=1S/C23H24N2O6/c1-30-16-7-3-13(4-8-16)18-11-15(26)12-19(14-5-9-17(31-2)10-6-14)23(18)20(27)24-22(29)25-21(23)28/h3-10,15,18-19,26H,11-12H2,1-2H3,(H2,24,25,27,28,29). The van der Waals surface area contributed by atoms with Crippen LogP contribution in [-0.4, -0.2) is 43.3 Å². The summed E-state index contributed by atoms with van der Waals surface area (Å²) in [6.45, 7) is 0. The molecule has 1 aliphatic heterocycles. The number of aliphatic hydroxyl groups excluding tert-OH is 1. The largest absolute Gasteiger partial charge is 0.497 e. The molecule has 0 aromatic heterocycles. The van der Waals surface area contributed by atoms with Crippen molar-refractivity contribution in [1.29, 1.82) is 0 Å². The van der Waals surface area contributed by atoms with Gasteiger partial charge in [0.25, 0.3) is 0 Å². The van der Waals surface area contributed by atoms with E-state index in [-0.39, 0.29) is 12.8 Å². The molecule has 1 saturated carbocycles. The second kappa shape index (κ2) is 8.03. The summed E-state index contributed by atoms with van der Waals surface area (Å²) in [5, 5.41) is 15.3. The lowest BCUT2D eigenvalue weighted by molar-refractivity contribution is -0.152. The van der Waals surface area contributed by atoms with Crippen molar-refractivity contribution in [1.82, 2.24) is 10.6 Å². The van der Waals surface area contributed by atoms with Crippen LogP contribution in [-0.2, 0) is 9.59 Å². The number of benzene rings is 2. The molecular weight excluding hydrogens is 400 g/mol. The molecule has 1 aliphatic carbocycles. The first kappa shape index (κ1) is 20.9. The second-order valence-electron chi connectivity index (χ2n) is 7.88. The van der Waals surface area contributed by atoms with Gasteiger partial charge >= 0.3 is 6.03 Å². The Morgan fingerprint density at radius 2 is 1.16 bits per heavy atom. The highest BCUT2D eigenvalue weighted by molar-refractivity contribution is 6.20. The molecule has 1 spiro atoms. The quantitative estimate of drug-likeness (QED) is 0.648. The third-order valence-corrected chi connectivity index (χ3v) is 6.36. The summed E-state index contributed by atoms with van der Waals surface area (Å²) in [5.74, 6) is -1.35. The van der Waals surface area contributed by atoms with Gasteiger partial charge in [0.05, 0.1) is 20.3 Å². The molecule has 8 nitrogen and oxygen atoms in total. The Morgan fingerprint density at radius 3 is 1.52 bits per heavy atom. The van der Waals surface area contributed by atoms with Crippen molar-refractivity contribution < 1.29 is 29.0 Å². The number of amides is 4. The Kier molecular flexibility index (Phi) is 5.41. The summed E-state index contributed by atoms with van der Waals surface area (Å²) in [5.41, 5.74) is -0.188. The van der Waals surface area contributed by atoms with E-state index in [1.807, 2.05) is 0 Å². The van der Waals surface area contributed by atoms with Gasteiger partial charge < -0.3 is 14.6 Å². The van der Waals surface area contributed by atoms with Gasteiger partial charge in [-0.2, -0.15) is 0 Å². The van der Waals surface area contributed by atoms with Gasteiger partial charge in [-0.25, -0.2) is 4.79 Å². The van der Waals surface area contributed by atoms with Gasteiger partial charge in [0.2, 0.25) is 11.8 Å². The summed E-state index contributed by atoms with van der Waals surface area (Å²) in [6.07, 6.45) is -0.328. The number of hydrogen-bond donors (Lipinski definition) is 3. The molecule has 2 aromatic rings. The summed E-state index contributed by atoms with van der Waals surface area (Å²) >= 11 is 0. The number of carbonyl (C=O) groups excluding carboxylic acids is 3. The topological polar surface area (TPSA) is 114 Å². The Hall–Kier alpha value is -3.39. The van der Waals surface area contributed by atoms with Crippen LogP contribution < -0.4 is 20.1 Å². The number of urea groups is 1. The predicted molar refractivity (Wildman–Crippen MR) is 111 cm³/mol. The van der Waals surface area contributed by atoms with Gasteiger partial charge in [-0.1, -0.05) is 24.3 Å². The van der Waals surface area contributed by atoms with Crippen LogP contribution in [0.1, 0.15) is 35.8 Å². The molecule has 162 valence electrons. The van der Waals surface area contributed by atoms with Crippen molar-refractivity contribution in [2.24, 2.45) is 5.41 Å². The maximum atomic E-state index is 13.4. The van der Waals surface area contributed by atoms with E-state index < -0.39 is 41.2 Å². The van der Waals surface area contributed by atoms with Crippen molar-refractivity contribution in [3.63, 3.8) is 0 Å². The number of methoxy groups -OCH3 is 2. The van der Waals surface area contributed by atoms with Crippen molar-refractivity contribution >= 4 is 17.8 Å². The van der Waals surface area contributed by atoms with Gasteiger partial charge in [0, 0.05) is 11.8 Å². The van der Waals surface area contributed by atoms with E-state index in [2.05, 4.69) is 10.6 Å². The summed E-state index contributed by atoms with van der Waals surface area (Å²) in [7, 11) is 3.10. The van der Waals surface area contributed by atoms with Crippen LogP contribution in [0.5, 0.6) is 11.5 Å². The highest BCUT2D eigenvalue weighted by Crippen LogP contribution is 2.56. The van der Waals surface area contributed by atoms with Crippen LogP contribution >= 0.6 is 0 Å². The van der Waals surface area contributed by atoms with Crippen molar-refractivity contribution in [2.45, 2.75) is 30.8 Å². The zero-order valence-corrected chi connectivity index (χ0v) is 17.3. The number of imide groups is 2. The molecule has 4 rings (SSSR count). The average molecular weight is 424 g/mol. The molecule has 3 N–H and O–H groups in total. The minimum absolute atomic E-state index is 0.202. The van der Waals surface area contributed by atoms with E-state index >= 15 is 0 Å². The van der Waals surface area contributed by atoms with Crippen LogP contribution in [0.3, 0.4) is 0 Å². The number of nitrogens with one attached hydrogen (secondary N) is 2. The van der Waals surface area contributed by atoms with E-state index in [1.54, 1.807) is 62.8 Å². The Labute approximate surface area is 179 Å². The molecule has 2 aromatic carbocycles. The average Bonchev–Trinajstić information content (AvgIpc) is 2.77. The smallest absolute Gasteiger partial charge is 0.328 e. The van der Waals surface area contributed by atoms with E-state index in [1.165, 1.54) is 0 Å². The second-order valence-corrected chi connectivity index (χ2v) is 7.88. The minimum Gasteiger partial charge on any atom is -0.497 e. The van der Waals surface area contributed by atoms with Crippen LogP contribution in [0, 0.1) is 5.41 Å². The van der Waals surface area contributed by atoms with Crippen molar-refractivity contribution in [2.75, 3.05) is 14.2 Å². The maximum Gasteiger partial charge on any atom is 0.328 e. The molecule has 0 radical (unpaired) electrons. The predicted octanol–water partition coefficient (Wildman–Crippen LogP) is 2.08. The molecule has 1 saturated heterocycles. The molecule has 31 heavy (non-hydrogen) atoms. The molecule has 2 atom stereocenters. The zero-order chi connectivity index (χ0) is 22.2. The lowest BCUT2D eigenvalue weighted by atomic mass is 9.54. The first-order chi connectivity index (χ1) is 14.9. The molecule has 0 bridgehead atoms. The number of aliphatic hydroxyl groups is 1. The highest BCUT2D eigenvalue weighted by atomic mass is 16.5. The molecule has 8 heteroatoms. The SMILES string of the molecule is COc1ccc(C2CC(O)CC(c3ccc(OC)cc3)C23C(=O)NC(=O)NC3=O)cc1. The van der Waals surface area contributed by atoms with E-state index in [9.17, 15) is 19.5 Å². The van der Waals surface area contributed by atoms with E-state index in [0.29, 0.717) is 22.6 Å². The first-order valence-corrected chi connectivity index (χ1v) is 10.0. The normalized spacial score (nSPS) is 25.0. The number of hydrogen-bond acceptors (Lipinski definition) is 6. The van der Waals surface area contributed by atoms with Gasteiger partial charge in [-0.3, -0.25) is 20.2 Å². The fourth-order valence-electron chi connectivity index (χ4n) is 4.91. The van der Waals surface area contributed by atoms with Crippen molar-refractivity contribution in [3.05, 3.63) is 59.7 Å². The minimum atomic E-state index is -1.60. The molecular formula is C23H24N2O6. The van der Waals surface area contributed by atoms with Gasteiger partial charge in [-0.05, 0) is 48.2 Å². The maximum absolute atomic E-state index is 13.4. The number of ether oxygens (including phenoxy) is 2. The van der Waals surface area contributed by atoms with Gasteiger partial charge in [0.1, 0.15) is 16.9 Å². The summed E-state index contributed by atoms with van der Waals surface area (Å²) < 4.78 is 10.4. The molecule has 4 amide bonds. The first-order valence-electron chi connectivity index (χ1n) is 10.0.